The molecule has 5 aromatic rings. The van der Waals surface area contributed by atoms with Gasteiger partial charge in [-0.05, 0) is 48.5 Å². The summed E-state index contributed by atoms with van der Waals surface area (Å²) in [7, 11) is -7.40. The van der Waals surface area contributed by atoms with Crippen LogP contribution in [0.5, 0.6) is 0 Å². The lowest BCUT2D eigenvalue weighted by atomic mass is 10.2. The maximum atomic E-state index is 8.49. The van der Waals surface area contributed by atoms with E-state index in [1.54, 1.807) is 0 Å². The first kappa shape index (κ1) is 30.2. The zero-order valence-electron chi connectivity index (χ0n) is 22.3. The second kappa shape index (κ2) is 13.3. The van der Waals surface area contributed by atoms with Gasteiger partial charge in [0.1, 0.15) is 15.9 Å². The van der Waals surface area contributed by atoms with E-state index in [1.807, 2.05) is 24.3 Å². The first-order valence-corrected chi connectivity index (χ1v) is 16.5. The molecule has 0 bridgehead atoms. The van der Waals surface area contributed by atoms with E-state index in [2.05, 4.69) is 95.9 Å². The van der Waals surface area contributed by atoms with Crippen molar-refractivity contribution in [2.45, 2.75) is 0 Å². The molecule has 0 saturated carbocycles. The number of aromatic nitrogens is 1. The molecule has 11 heteroatoms. The molecule has 0 atom stereocenters. The average Bonchev–Trinajstić information content (AvgIpc) is 3.45. The monoisotopic (exact) mass is 624 g/mol. The lowest BCUT2D eigenvalue weighted by Crippen LogP contribution is -2.68. The highest BCUT2D eigenvalue weighted by atomic mass is 35.7. The minimum absolute atomic E-state index is 0.536. The van der Waals surface area contributed by atoms with E-state index >= 15 is 0 Å². The smallest absolute Gasteiger partial charge is 0.262 e. The van der Waals surface area contributed by atoms with Crippen LogP contribution in [-0.2, 0) is 4.74 Å². The Labute approximate surface area is 251 Å². The third-order valence-electron chi connectivity index (χ3n) is 6.74. The van der Waals surface area contributed by atoms with Crippen LogP contribution in [0.4, 0.5) is 5.88 Å². The molecule has 8 nitrogen and oxygen atoms in total. The molecule has 42 heavy (non-hydrogen) atoms. The first-order chi connectivity index (χ1) is 20.3. The fourth-order valence-corrected chi connectivity index (χ4v) is 9.43. The van der Waals surface area contributed by atoms with E-state index in [1.165, 1.54) is 15.9 Å². The zero-order valence-corrected chi connectivity index (χ0v) is 24.8. The van der Waals surface area contributed by atoms with Crippen LogP contribution in [0.2, 0.25) is 5.02 Å². The van der Waals surface area contributed by atoms with E-state index in [0.29, 0.717) is 24.1 Å². The average molecular weight is 625 g/mol. The number of morpholine rings is 1. The predicted octanol–water partition coefficient (Wildman–Crippen LogP) is 0.695. The largest absolute Gasteiger partial charge is 0.416 e. The van der Waals surface area contributed by atoms with Gasteiger partial charge >= 0.3 is 0 Å². The van der Waals surface area contributed by atoms with Crippen molar-refractivity contribution >= 4 is 46.1 Å². The molecule has 0 spiro atoms. The summed E-state index contributed by atoms with van der Waals surface area (Å²) in [5.74, 6) is 1.33. The van der Waals surface area contributed by atoms with E-state index in [0.717, 1.165) is 30.0 Å². The third-order valence-corrected chi connectivity index (χ3v) is 11.2. The molecule has 6 rings (SSSR count). The molecule has 1 aromatic heterocycles. The van der Waals surface area contributed by atoms with Crippen LogP contribution in [0.1, 0.15) is 0 Å². The molecule has 0 unspecified atom stereocenters. The number of hydrogen-bond donors (Lipinski definition) is 0. The maximum absolute atomic E-state index is 8.49. The van der Waals surface area contributed by atoms with Crippen molar-refractivity contribution in [2.24, 2.45) is 0 Å². The highest BCUT2D eigenvalue weighted by Gasteiger charge is 2.53. The Hall–Kier alpha value is -3.30. The SMILES string of the molecule is Clc1ccccc1-c1nc([P+](c2ccccc2)(c2ccccc2)c2ccccc2)c(N2CCOCC2)o1.[O-][Cl+3]([O-])([O-])[O-]. The molecule has 1 fully saturated rings. The fraction of sp³-hybridized carbons (Fsp3) is 0.129. The van der Waals surface area contributed by atoms with Crippen molar-refractivity contribution in [2.75, 3.05) is 31.2 Å². The van der Waals surface area contributed by atoms with Crippen molar-refractivity contribution in [3.05, 3.63) is 120 Å². The van der Waals surface area contributed by atoms with Crippen molar-refractivity contribution in [1.82, 2.24) is 4.98 Å². The second-order valence-electron chi connectivity index (χ2n) is 9.28. The van der Waals surface area contributed by atoms with Crippen molar-refractivity contribution < 1.29 is 38.0 Å². The number of benzene rings is 4. The summed E-state index contributed by atoms with van der Waals surface area (Å²) in [6.45, 7) is 2.77. The molecule has 0 N–H and O–H groups in total. The van der Waals surface area contributed by atoms with Gasteiger partial charge in [0.25, 0.3) is 11.3 Å². The zero-order chi connectivity index (χ0) is 29.6. The van der Waals surface area contributed by atoms with Gasteiger partial charge in [-0.2, -0.15) is 4.98 Å². The number of ether oxygens (including phenoxy) is 1. The Balaban J connectivity index is 0.000000652. The summed E-state index contributed by atoms with van der Waals surface area (Å²) >= 11 is 6.65. The molecule has 0 radical (unpaired) electrons. The number of oxazole rings is 1. The number of halogens is 2. The Morgan fingerprint density at radius 3 is 1.55 bits per heavy atom. The minimum atomic E-state index is -4.94. The predicted molar refractivity (Wildman–Crippen MR) is 155 cm³/mol. The highest BCUT2D eigenvalue weighted by molar-refractivity contribution is 8.01. The molecule has 1 aliphatic rings. The van der Waals surface area contributed by atoms with E-state index < -0.39 is 17.5 Å². The van der Waals surface area contributed by atoms with Crippen LogP contribution in [0.15, 0.2) is 120 Å². The number of nitrogens with zero attached hydrogens (tertiary/aromatic N) is 2. The van der Waals surface area contributed by atoms with Crippen LogP contribution in [0.3, 0.4) is 0 Å². The Morgan fingerprint density at radius 1 is 0.667 bits per heavy atom. The lowest BCUT2D eigenvalue weighted by molar-refractivity contribution is -2.00. The van der Waals surface area contributed by atoms with Gasteiger partial charge in [-0.25, -0.2) is 18.6 Å². The second-order valence-corrected chi connectivity index (χ2v) is 13.8. The van der Waals surface area contributed by atoms with Crippen molar-refractivity contribution in [3.63, 3.8) is 0 Å². The van der Waals surface area contributed by atoms with Gasteiger partial charge in [-0.3, -0.25) is 0 Å². The van der Waals surface area contributed by atoms with E-state index in [-0.39, 0.29) is 0 Å². The molecule has 216 valence electrons. The van der Waals surface area contributed by atoms with Gasteiger partial charge in [-0.15, -0.1) is 10.2 Å². The number of hydrogen-bond acceptors (Lipinski definition) is 8. The summed E-state index contributed by atoms with van der Waals surface area (Å²) in [5.41, 5.74) is 1.74. The first-order valence-electron chi connectivity index (χ1n) is 13.0. The van der Waals surface area contributed by atoms with Gasteiger partial charge in [0.05, 0.1) is 23.8 Å². The third kappa shape index (κ3) is 6.68. The molecular formula is C31H27Cl2N2O6P. The fourth-order valence-electron chi connectivity index (χ4n) is 5.01. The summed E-state index contributed by atoms with van der Waals surface area (Å²) in [6, 6.07) is 39.9. The van der Waals surface area contributed by atoms with Gasteiger partial charge in [0, 0.05) is 13.1 Å². The van der Waals surface area contributed by atoms with Crippen LogP contribution < -0.4 is 44.9 Å². The Morgan fingerprint density at radius 2 is 1.10 bits per heavy atom. The maximum Gasteiger partial charge on any atom is 0.262 e. The topological polar surface area (TPSA) is 131 Å². The highest BCUT2D eigenvalue weighted by Crippen LogP contribution is 2.56. The molecule has 4 aromatic carbocycles. The van der Waals surface area contributed by atoms with E-state index in [4.69, 9.17) is 44.4 Å². The standard InChI is InChI=1S/C31H27ClN2O2P.ClHO4/c32-28-19-11-10-18-27(28)29-33-30(31(36-29)34-20-22-35-23-21-34)37(24-12-4-1-5-13-24,25-14-6-2-7-15-25)26-16-8-3-9-17-26;2-1(3,4)5/h1-19H,20-23H2;(H,2,3,4,5)/q+1;/p-1. The van der Waals surface area contributed by atoms with Crippen LogP contribution in [0, 0.1) is 10.2 Å². The minimum Gasteiger partial charge on any atom is -0.416 e. The Kier molecular flexibility index (Phi) is 9.58. The van der Waals surface area contributed by atoms with Gasteiger partial charge < -0.3 is 14.1 Å². The van der Waals surface area contributed by atoms with Crippen molar-refractivity contribution in [1.29, 1.82) is 0 Å². The van der Waals surface area contributed by atoms with Crippen LogP contribution >= 0.6 is 18.9 Å². The summed E-state index contributed by atoms with van der Waals surface area (Å²) in [4.78, 5) is 7.61. The normalized spacial score (nSPS) is 13.8. The Bertz CT molecular complexity index is 1480. The van der Waals surface area contributed by atoms with Crippen LogP contribution in [0.25, 0.3) is 11.5 Å². The van der Waals surface area contributed by atoms with Crippen molar-refractivity contribution in [3.8, 4) is 11.5 Å². The van der Waals surface area contributed by atoms with Gasteiger partial charge in [0.15, 0.2) is 7.26 Å². The lowest BCUT2D eigenvalue weighted by Gasteiger charge is -2.30. The molecule has 0 aliphatic carbocycles. The van der Waals surface area contributed by atoms with Gasteiger partial charge in [0.2, 0.25) is 5.89 Å². The summed E-state index contributed by atoms with van der Waals surface area (Å²) in [6.07, 6.45) is 0. The molecule has 1 saturated heterocycles. The molecular weight excluding hydrogens is 598 g/mol. The van der Waals surface area contributed by atoms with Crippen LogP contribution in [-0.4, -0.2) is 31.3 Å². The van der Waals surface area contributed by atoms with Gasteiger partial charge in [-0.1, -0.05) is 78.3 Å². The summed E-state index contributed by atoms with van der Waals surface area (Å²) in [5, 5.41) is 4.29. The van der Waals surface area contributed by atoms with E-state index in [9.17, 15) is 0 Å². The quantitative estimate of drug-likeness (QED) is 0.252. The number of anilines is 1. The summed E-state index contributed by atoms with van der Waals surface area (Å²) < 4.78 is 46.4. The number of rotatable bonds is 6. The molecule has 0 amide bonds. The molecule has 2 heterocycles. The molecule has 1 aliphatic heterocycles.